The zero-order valence-electron chi connectivity index (χ0n) is 18.8. The third-order valence-electron chi connectivity index (χ3n) is 6.38. The van der Waals surface area contributed by atoms with Crippen molar-refractivity contribution in [3.63, 3.8) is 0 Å². The van der Waals surface area contributed by atoms with Crippen molar-refractivity contribution in [1.82, 2.24) is 10.6 Å². The smallest absolute Gasteiger partial charge is 0.407 e. The minimum absolute atomic E-state index is 0.0362. The van der Waals surface area contributed by atoms with Crippen LogP contribution < -0.4 is 10.6 Å². The maximum atomic E-state index is 13.6. The first kappa shape index (κ1) is 24.4. The van der Waals surface area contributed by atoms with E-state index in [9.17, 15) is 23.2 Å². The van der Waals surface area contributed by atoms with Crippen LogP contribution in [0.2, 0.25) is 0 Å². The van der Waals surface area contributed by atoms with E-state index in [1.165, 1.54) is 0 Å². The minimum atomic E-state index is -2.99. The van der Waals surface area contributed by atoms with E-state index in [1.54, 1.807) is 12.2 Å². The summed E-state index contributed by atoms with van der Waals surface area (Å²) in [5.41, 5.74) is 4.07. The fourth-order valence-electron chi connectivity index (χ4n) is 4.66. The van der Waals surface area contributed by atoms with Crippen LogP contribution in [-0.4, -0.2) is 48.2 Å². The third kappa shape index (κ3) is 5.67. The molecule has 0 aromatic heterocycles. The van der Waals surface area contributed by atoms with Crippen molar-refractivity contribution in [2.75, 3.05) is 6.61 Å². The highest BCUT2D eigenvalue weighted by Gasteiger charge is 2.31. The van der Waals surface area contributed by atoms with Gasteiger partial charge < -0.3 is 20.5 Å². The van der Waals surface area contributed by atoms with Crippen LogP contribution in [0.3, 0.4) is 0 Å². The van der Waals surface area contributed by atoms with Crippen molar-refractivity contribution in [1.29, 1.82) is 0 Å². The number of amides is 2. The molecule has 2 amide bonds. The Morgan fingerprint density at radius 3 is 2.26 bits per heavy atom. The van der Waals surface area contributed by atoms with Gasteiger partial charge in [0.05, 0.1) is 12.3 Å². The van der Waals surface area contributed by atoms with Gasteiger partial charge in [0, 0.05) is 12.0 Å². The summed E-state index contributed by atoms with van der Waals surface area (Å²) in [5, 5.41) is 13.8. The zero-order valence-corrected chi connectivity index (χ0v) is 18.8. The maximum Gasteiger partial charge on any atom is 0.407 e. The number of alkyl halides is 2. The summed E-state index contributed by atoms with van der Waals surface area (Å²) in [6.45, 7) is -0.0362. The molecule has 3 atom stereocenters. The number of carboxylic acids is 1. The fourth-order valence-corrected chi connectivity index (χ4v) is 4.66. The lowest BCUT2D eigenvalue weighted by Crippen LogP contribution is -2.46. The molecule has 4 rings (SSSR count). The molecule has 3 N–H and O–H groups in total. The van der Waals surface area contributed by atoms with E-state index >= 15 is 0 Å². The van der Waals surface area contributed by atoms with Gasteiger partial charge in [0.1, 0.15) is 12.6 Å². The number of ether oxygens (including phenoxy) is 1. The van der Waals surface area contributed by atoms with Crippen LogP contribution in [0.4, 0.5) is 13.6 Å². The molecule has 0 bridgehead atoms. The molecule has 2 aromatic carbocycles. The summed E-state index contributed by atoms with van der Waals surface area (Å²) in [7, 11) is 0. The minimum Gasteiger partial charge on any atom is -0.481 e. The lowest BCUT2D eigenvalue weighted by Gasteiger charge is -2.24. The Morgan fingerprint density at radius 1 is 1.03 bits per heavy atom. The highest BCUT2D eigenvalue weighted by Crippen LogP contribution is 2.44. The molecule has 0 heterocycles. The number of nitrogens with one attached hydrogen (secondary N) is 2. The Morgan fingerprint density at radius 2 is 1.66 bits per heavy atom. The number of allylic oxidation sites excluding steroid dienone is 1. The summed E-state index contributed by atoms with van der Waals surface area (Å²) in [4.78, 5) is 35.8. The van der Waals surface area contributed by atoms with E-state index in [-0.39, 0.29) is 18.9 Å². The second-order valence-corrected chi connectivity index (χ2v) is 8.72. The van der Waals surface area contributed by atoms with Crippen LogP contribution in [0, 0.1) is 5.92 Å². The van der Waals surface area contributed by atoms with Gasteiger partial charge in [-0.05, 0) is 35.1 Å². The van der Waals surface area contributed by atoms with Crippen molar-refractivity contribution in [2.24, 2.45) is 5.92 Å². The summed E-state index contributed by atoms with van der Waals surface area (Å²) >= 11 is 0. The standard InChI is InChI=1S/C26H26F2N2O5/c27-24(28)22(13-23(31)29-16-7-5-6-15(12-16)25(32)33)30-26(34)35-14-21-19-10-3-1-8-17(19)18-9-2-4-11-20(18)21/h1-5,7-11,15-16,21-22,24H,6,12-14H2,(H,29,31)(H,30,34)(H,32,33). The highest BCUT2D eigenvalue weighted by molar-refractivity contribution is 5.80. The second kappa shape index (κ2) is 10.7. The highest BCUT2D eigenvalue weighted by atomic mass is 19.3. The molecular weight excluding hydrogens is 458 g/mol. The van der Waals surface area contributed by atoms with E-state index < -0.39 is 48.8 Å². The Bertz CT molecular complexity index is 1090. The largest absolute Gasteiger partial charge is 0.481 e. The first-order chi connectivity index (χ1) is 16.8. The number of hydrogen-bond acceptors (Lipinski definition) is 4. The molecule has 0 spiro atoms. The number of alkyl carbamates (subject to hydrolysis) is 1. The van der Waals surface area contributed by atoms with Gasteiger partial charge in [-0.3, -0.25) is 9.59 Å². The Labute approximate surface area is 201 Å². The number of halogens is 2. The molecular formula is C26H26F2N2O5. The molecule has 2 aromatic rings. The fraction of sp³-hybridized carbons (Fsp3) is 0.346. The number of fused-ring (bicyclic) bond motifs is 3. The first-order valence-corrected chi connectivity index (χ1v) is 11.4. The van der Waals surface area contributed by atoms with E-state index in [0.29, 0.717) is 6.42 Å². The third-order valence-corrected chi connectivity index (χ3v) is 6.38. The number of carbonyl (C=O) groups excluding carboxylic acids is 2. The number of carboxylic acid groups (broad SMARTS) is 1. The summed E-state index contributed by atoms with van der Waals surface area (Å²) < 4.78 is 32.4. The van der Waals surface area contributed by atoms with Crippen LogP contribution in [0.25, 0.3) is 11.1 Å². The first-order valence-electron chi connectivity index (χ1n) is 11.4. The number of carbonyl (C=O) groups is 3. The van der Waals surface area contributed by atoms with Gasteiger partial charge in [-0.1, -0.05) is 60.7 Å². The maximum absolute atomic E-state index is 13.6. The molecule has 7 nitrogen and oxygen atoms in total. The van der Waals surface area contributed by atoms with Gasteiger partial charge >= 0.3 is 12.1 Å². The lowest BCUT2D eigenvalue weighted by molar-refractivity contribution is -0.142. The van der Waals surface area contributed by atoms with Crippen molar-refractivity contribution < 1.29 is 33.0 Å². The molecule has 2 aliphatic carbocycles. The lowest BCUT2D eigenvalue weighted by atomic mass is 9.91. The van der Waals surface area contributed by atoms with Crippen LogP contribution >= 0.6 is 0 Å². The molecule has 0 saturated heterocycles. The molecule has 0 radical (unpaired) electrons. The number of aliphatic carboxylic acids is 1. The summed E-state index contributed by atoms with van der Waals surface area (Å²) in [6.07, 6.45) is -0.866. The SMILES string of the molecule is O=C(CC(NC(=O)OCC1c2ccccc2-c2ccccc21)C(F)F)NC1C=CCC(C(=O)O)C1. The molecule has 3 unspecified atom stereocenters. The second-order valence-electron chi connectivity index (χ2n) is 8.72. The van der Waals surface area contributed by atoms with Gasteiger partial charge in [0.2, 0.25) is 5.91 Å². The predicted molar refractivity (Wildman–Crippen MR) is 124 cm³/mol. The van der Waals surface area contributed by atoms with Crippen molar-refractivity contribution in [3.8, 4) is 11.1 Å². The molecule has 0 aliphatic heterocycles. The normalized spacial score (nSPS) is 19.5. The predicted octanol–water partition coefficient (Wildman–Crippen LogP) is 4.08. The summed E-state index contributed by atoms with van der Waals surface area (Å²) in [5.74, 6) is -2.55. The number of rotatable bonds is 8. The van der Waals surface area contributed by atoms with E-state index in [0.717, 1.165) is 22.3 Å². The van der Waals surface area contributed by atoms with Gasteiger partial charge in [0.25, 0.3) is 6.43 Å². The van der Waals surface area contributed by atoms with Gasteiger partial charge in [-0.15, -0.1) is 0 Å². The van der Waals surface area contributed by atoms with Crippen molar-refractivity contribution in [3.05, 3.63) is 71.8 Å². The molecule has 2 aliphatic rings. The molecule has 0 fully saturated rings. The Kier molecular flexibility index (Phi) is 7.43. The zero-order chi connectivity index (χ0) is 24.9. The molecule has 35 heavy (non-hydrogen) atoms. The van der Waals surface area contributed by atoms with E-state index in [1.807, 2.05) is 48.5 Å². The van der Waals surface area contributed by atoms with Gasteiger partial charge in [-0.25, -0.2) is 13.6 Å². The Hall–Kier alpha value is -3.75. The monoisotopic (exact) mass is 484 g/mol. The molecule has 184 valence electrons. The number of hydrogen-bond donors (Lipinski definition) is 3. The van der Waals surface area contributed by atoms with Crippen LogP contribution in [-0.2, 0) is 14.3 Å². The van der Waals surface area contributed by atoms with Crippen molar-refractivity contribution in [2.45, 2.75) is 43.7 Å². The number of benzene rings is 2. The topological polar surface area (TPSA) is 105 Å². The van der Waals surface area contributed by atoms with Gasteiger partial charge in [-0.2, -0.15) is 0 Å². The quantitative estimate of drug-likeness (QED) is 0.490. The van der Waals surface area contributed by atoms with Crippen LogP contribution in [0.15, 0.2) is 60.7 Å². The van der Waals surface area contributed by atoms with E-state index in [4.69, 9.17) is 9.84 Å². The van der Waals surface area contributed by atoms with E-state index in [2.05, 4.69) is 10.6 Å². The average Bonchev–Trinajstić information content (AvgIpc) is 3.16. The molecule has 0 saturated carbocycles. The van der Waals surface area contributed by atoms with Crippen LogP contribution in [0.5, 0.6) is 0 Å². The van der Waals surface area contributed by atoms with Crippen LogP contribution in [0.1, 0.15) is 36.3 Å². The average molecular weight is 484 g/mol. The molecule has 9 heteroatoms. The Balaban J connectivity index is 1.33. The summed E-state index contributed by atoms with van der Waals surface area (Å²) in [6, 6.07) is 13.2. The van der Waals surface area contributed by atoms with Gasteiger partial charge in [0.15, 0.2) is 0 Å². The van der Waals surface area contributed by atoms with Crippen molar-refractivity contribution >= 4 is 18.0 Å².